The van der Waals surface area contributed by atoms with E-state index in [1.165, 1.54) is 37.5 Å². The summed E-state index contributed by atoms with van der Waals surface area (Å²) in [4.78, 5) is 17.1. The van der Waals surface area contributed by atoms with Crippen molar-refractivity contribution in [2.24, 2.45) is 0 Å². The molecule has 0 unspecified atom stereocenters. The lowest BCUT2D eigenvalue weighted by atomic mass is 9.98. The Bertz CT molecular complexity index is 1430. The molecule has 2 aromatic carbocycles. The van der Waals surface area contributed by atoms with Gasteiger partial charge in [0.05, 0.1) is 29.8 Å². The molecule has 0 atom stereocenters. The number of nitrogens with zero attached hydrogens (tertiary/aromatic N) is 4. The zero-order chi connectivity index (χ0) is 26.3. The fourth-order valence-electron chi connectivity index (χ4n) is 3.43. The first-order valence-corrected chi connectivity index (χ1v) is 10.1. The van der Waals surface area contributed by atoms with Gasteiger partial charge in [-0.05, 0) is 42.3 Å². The number of pyridine rings is 1. The second-order valence-corrected chi connectivity index (χ2v) is 7.59. The second-order valence-electron chi connectivity index (χ2n) is 7.59. The van der Waals surface area contributed by atoms with Crippen molar-refractivity contribution >= 4 is 11.6 Å². The topological polar surface area (TPSA) is 72.7 Å². The van der Waals surface area contributed by atoms with Gasteiger partial charge in [-0.1, -0.05) is 18.2 Å². The van der Waals surface area contributed by atoms with E-state index in [-0.39, 0.29) is 22.4 Å². The highest BCUT2D eigenvalue weighted by molar-refractivity contribution is 6.05. The Kier molecular flexibility index (Phi) is 6.24. The zero-order valence-electron chi connectivity index (χ0n) is 18.1. The number of nitrogens with one attached hydrogen (secondary N) is 1. The minimum absolute atomic E-state index is 0.0532. The van der Waals surface area contributed by atoms with Crippen molar-refractivity contribution < 1.29 is 35.5 Å². The molecule has 1 amide bonds. The van der Waals surface area contributed by atoms with Gasteiger partial charge in [-0.15, -0.1) is 4.80 Å². The minimum Gasteiger partial charge on any atom is -0.321 e. The van der Waals surface area contributed by atoms with E-state index in [1.54, 1.807) is 0 Å². The van der Waals surface area contributed by atoms with Crippen molar-refractivity contribution in [3.05, 3.63) is 89.1 Å². The number of amides is 1. The molecule has 0 aliphatic rings. The number of anilines is 1. The minimum atomic E-state index is -4.82. The smallest absolute Gasteiger partial charge is 0.321 e. The molecule has 0 saturated heterocycles. The van der Waals surface area contributed by atoms with Crippen molar-refractivity contribution in [3.63, 3.8) is 0 Å². The van der Waals surface area contributed by atoms with Crippen LogP contribution < -0.4 is 5.32 Å². The van der Waals surface area contributed by atoms with Crippen molar-refractivity contribution in [1.82, 2.24) is 20.0 Å². The molecule has 0 radical (unpaired) electrons. The Morgan fingerprint density at radius 2 is 1.61 bits per heavy atom. The molecule has 186 valence electrons. The quantitative estimate of drug-likeness (QED) is 0.339. The lowest BCUT2D eigenvalue weighted by molar-refractivity contribution is -0.138. The second kappa shape index (κ2) is 9.06. The van der Waals surface area contributed by atoms with Gasteiger partial charge in [0.1, 0.15) is 11.4 Å². The molecule has 0 saturated carbocycles. The molecule has 2 heterocycles. The number of halogens is 7. The Labute approximate surface area is 198 Å². The van der Waals surface area contributed by atoms with E-state index in [9.17, 15) is 35.5 Å². The first kappa shape index (κ1) is 24.8. The molecule has 0 spiro atoms. The van der Waals surface area contributed by atoms with Gasteiger partial charge in [0.2, 0.25) is 0 Å². The van der Waals surface area contributed by atoms with Crippen molar-refractivity contribution in [1.29, 1.82) is 0 Å². The normalized spacial score (nSPS) is 12.0. The number of benzene rings is 2. The molecule has 4 rings (SSSR count). The van der Waals surface area contributed by atoms with Crippen molar-refractivity contribution in [3.8, 4) is 16.9 Å². The summed E-state index contributed by atoms with van der Waals surface area (Å²) in [5, 5.41) is 9.61. The number of carbonyl (C=O) groups is 1. The summed E-state index contributed by atoms with van der Waals surface area (Å²) in [7, 11) is 0. The van der Waals surface area contributed by atoms with E-state index in [0.717, 1.165) is 18.3 Å². The maximum Gasteiger partial charge on any atom is 0.420 e. The molecule has 4 aromatic rings. The standard InChI is InChI=1S/C23H14F7N5O/c1-12-8-13(17-5-3-14(9-19(17)24)22(25,26)27)2-4-16(12)21(36)34-15-10-18(23(28,29)30)20(31-11-15)35-32-6-7-33-35/h2-11H,1H3,(H,34,36). The Hall–Kier alpha value is -4.29. The van der Waals surface area contributed by atoms with Crippen LogP contribution in [0.25, 0.3) is 16.9 Å². The Morgan fingerprint density at radius 1 is 0.917 bits per heavy atom. The fourth-order valence-corrected chi connectivity index (χ4v) is 3.43. The van der Waals surface area contributed by atoms with E-state index >= 15 is 0 Å². The van der Waals surface area contributed by atoms with Crippen molar-refractivity contribution in [2.75, 3.05) is 5.32 Å². The van der Waals surface area contributed by atoms with Gasteiger partial charge in [0, 0.05) is 11.1 Å². The first-order valence-electron chi connectivity index (χ1n) is 10.1. The molecule has 6 nitrogen and oxygen atoms in total. The van der Waals surface area contributed by atoms with Crippen LogP contribution in [0.1, 0.15) is 27.0 Å². The van der Waals surface area contributed by atoms with Crippen LogP contribution in [-0.2, 0) is 12.4 Å². The highest BCUT2D eigenvalue weighted by Crippen LogP contribution is 2.35. The van der Waals surface area contributed by atoms with E-state index in [2.05, 4.69) is 20.5 Å². The van der Waals surface area contributed by atoms with Gasteiger partial charge in [-0.25, -0.2) is 9.37 Å². The predicted octanol–water partition coefficient (Wildman–Crippen LogP) is 6.07. The van der Waals surface area contributed by atoms with Gasteiger partial charge in [-0.3, -0.25) is 4.79 Å². The predicted molar refractivity (Wildman–Crippen MR) is 114 cm³/mol. The van der Waals surface area contributed by atoms with Crippen LogP contribution in [0, 0.1) is 12.7 Å². The number of hydrogen-bond acceptors (Lipinski definition) is 4. The molecule has 0 bridgehead atoms. The summed E-state index contributed by atoms with van der Waals surface area (Å²) in [5.74, 6) is -2.45. The largest absolute Gasteiger partial charge is 0.420 e. The van der Waals surface area contributed by atoms with Gasteiger partial charge < -0.3 is 5.32 Å². The van der Waals surface area contributed by atoms with Crippen LogP contribution in [0.4, 0.5) is 36.4 Å². The van der Waals surface area contributed by atoms with Gasteiger partial charge in [0.25, 0.3) is 5.91 Å². The van der Waals surface area contributed by atoms with Crippen molar-refractivity contribution in [2.45, 2.75) is 19.3 Å². The number of aromatic nitrogens is 4. The summed E-state index contributed by atoms with van der Waals surface area (Å²) in [6.07, 6.45) is -6.15. The number of aryl methyl sites for hydroxylation is 1. The lowest BCUT2D eigenvalue weighted by Gasteiger charge is -2.14. The highest BCUT2D eigenvalue weighted by Gasteiger charge is 2.36. The molecular weight excluding hydrogens is 495 g/mol. The third-order valence-electron chi connectivity index (χ3n) is 5.12. The number of hydrogen-bond donors (Lipinski definition) is 1. The summed E-state index contributed by atoms with van der Waals surface area (Å²) < 4.78 is 93.4. The maximum absolute atomic E-state index is 14.3. The van der Waals surface area contributed by atoms with Crippen LogP contribution >= 0.6 is 0 Å². The average Bonchev–Trinajstić information content (AvgIpc) is 3.32. The average molecular weight is 509 g/mol. The third-order valence-corrected chi connectivity index (χ3v) is 5.12. The summed E-state index contributed by atoms with van der Waals surface area (Å²) >= 11 is 0. The van der Waals surface area contributed by atoms with E-state index in [1.807, 2.05) is 0 Å². The summed E-state index contributed by atoms with van der Waals surface area (Å²) in [5.41, 5.74) is -2.10. The molecular formula is C23H14F7N5O. The van der Waals surface area contributed by atoms with E-state index in [4.69, 9.17) is 0 Å². The Morgan fingerprint density at radius 3 is 2.19 bits per heavy atom. The molecule has 13 heteroatoms. The first-order chi connectivity index (χ1) is 16.8. The number of alkyl halides is 6. The lowest BCUT2D eigenvalue weighted by Crippen LogP contribution is -2.17. The van der Waals surface area contributed by atoms with Crippen LogP contribution in [0.2, 0.25) is 0 Å². The molecule has 0 fully saturated rings. The van der Waals surface area contributed by atoms with Crippen LogP contribution in [0.5, 0.6) is 0 Å². The monoisotopic (exact) mass is 509 g/mol. The zero-order valence-corrected chi connectivity index (χ0v) is 18.1. The summed E-state index contributed by atoms with van der Waals surface area (Å²) in [6, 6.07) is 6.77. The third kappa shape index (κ3) is 5.04. The Balaban J connectivity index is 1.60. The highest BCUT2D eigenvalue weighted by atomic mass is 19.4. The fraction of sp³-hybridized carbons (Fsp3) is 0.130. The van der Waals surface area contributed by atoms with Crippen LogP contribution in [0.15, 0.2) is 61.1 Å². The molecule has 2 aromatic heterocycles. The van der Waals surface area contributed by atoms with Gasteiger partial charge in [-0.2, -0.15) is 36.5 Å². The van der Waals surface area contributed by atoms with Gasteiger partial charge >= 0.3 is 12.4 Å². The molecule has 0 aliphatic carbocycles. The van der Waals surface area contributed by atoms with E-state index < -0.39 is 41.0 Å². The van der Waals surface area contributed by atoms with Crippen LogP contribution in [-0.4, -0.2) is 25.9 Å². The number of carbonyl (C=O) groups excluding carboxylic acids is 1. The molecule has 36 heavy (non-hydrogen) atoms. The molecule has 1 N–H and O–H groups in total. The molecule has 0 aliphatic heterocycles. The SMILES string of the molecule is Cc1cc(-c2ccc(C(F)(F)F)cc2F)ccc1C(=O)Nc1cnc(-n2nccn2)c(C(F)(F)F)c1. The van der Waals surface area contributed by atoms with Gasteiger partial charge in [0.15, 0.2) is 5.82 Å². The van der Waals surface area contributed by atoms with Crippen LogP contribution in [0.3, 0.4) is 0 Å². The number of rotatable bonds is 4. The maximum atomic E-state index is 14.3. The van der Waals surface area contributed by atoms with E-state index in [0.29, 0.717) is 22.5 Å². The summed E-state index contributed by atoms with van der Waals surface area (Å²) in [6.45, 7) is 1.49.